The molecule has 0 unspecified atom stereocenters. The molecule has 3 N–H and O–H groups in total. The van der Waals surface area contributed by atoms with E-state index in [1.807, 2.05) is 13.8 Å². The summed E-state index contributed by atoms with van der Waals surface area (Å²) in [5.41, 5.74) is 7.70. The third-order valence-electron chi connectivity index (χ3n) is 3.01. The van der Waals surface area contributed by atoms with Gasteiger partial charge in [0.1, 0.15) is 0 Å². The Morgan fingerprint density at radius 2 is 1.41 bits per heavy atom. The van der Waals surface area contributed by atoms with Crippen molar-refractivity contribution in [2.45, 2.75) is 13.8 Å². The topological polar surface area (TPSA) is 92.5 Å². The highest BCUT2D eigenvalue weighted by molar-refractivity contribution is 7.94. The number of rotatable bonds is 4. The fourth-order valence-electron chi connectivity index (χ4n) is 1.88. The number of amides is 2. The molecule has 0 spiro atoms. The minimum Gasteiger partial charge on any atom is -0.350 e. The summed E-state index contributed by atoms with van der Waals surface area (Å²) in [4.78, 5) is 11.6. The standard InChI is InChI=1S/C15H17N3O3S/c1-11-3-7-13(8-4-11)17-22(20,21)18(15(16)19)14-9-5-12(2)6-10-14/h3-10,17H,1-2H3,(H2,16,19). The third-order valence-corrected chi connectivity index (χ3v) is 4.37. The average molecular weight is 319 g/mol. The Hall–Kier alpha value is -2.54. The number of hydrogen-bond acceptors (Lipinski definition) is 3. The van der Waals surface area contributed by atoms with Crippen LogP contribution in [-0.2, 0) is 10.2 Å². The fraction of sp³-hybridized carbons (Fsp3) is 0.133. The quantitative estimate of drug-likeness (QED) is 0.907. The molecule has 2 aromatic carbocycles. The summed E-state index contributed by atoms with van der Waals surface area (Å²) >= 11 is 0. The van der Waals surface area contributed by atoms with Crippen LogP contribution in [0.4, 0.5) is 16.2 Å². The first-order valence-corrected chi connectivity index (χ1v) is 7.99. The van der Waals surface area contributed by atoms with Gasteiger partial charge in [-0.25, -0.2) is 4.79 Å². The minimum atomic E-state index is -4.14. The normalized spacial score (nSPS) is 11.0. The van der Waals surface area contributed by atoms with E-state index >= 15 is 0 Å². The van der Waals surface area contributed by atoms with Crippen molar-refractivity contribution < 1.29 is 13.2 Å². The highest BCUT2D eigenvalue weighted by Gasteiger charge is 2.27. The van der Waals surface area contributed by atoms with E-state index in [1.165, 1.54) is 12.1 Å². The van der Waals surface area contributed by atoms with E-state index < -0.39 is 16.2 Å². The van der Waals surface area contributed by atoms with Crippen molar-refractivity contribution in [3.63, 3.8) is 0 Å². The maximum absolute atomic E-state index is 12.4. The number of carbonyl (C=O) groups is 1. The smallest absolute Gasteiger partial charge is 0.334 e. The molecular formula is C15H17N3O3S. The second kappa shape index (κ2) is 6.07. The molecule has 7 heteroatoms. The predicted octanol–water partition coefficient (Wildman–Crippen LogP) is 2.55. The number of hydrogen-bond donors (Lipinski definition) is 2. The van der Waals surface area contributed by atoms with Gasteiger partial charge in [0.15, 0.2) is 0 Å². The van der Waals surface area contributed by atoms with Gasteiger partial charge in [-0.2, -0.15) is 12.7 Å². The van der Waals surface area contributed by atoms with Gasteiger partial charge in [0.25, 0.3) is 0 Å². The first-order valence-electron chi connectivity index (χ1n) is 6.55. The van der Waals surface area contributed by atoms with Crippen molar-refractivity contribution in [1.29, 1.82) is 0 Å². The van der Waals surface area contributed by atoms with Crippen molar-refractivity contribution in [1.82, 2.24) is 0 Å². The van der Waals surface area contributed by atoms with Crippen molar-refractivity contribution in [2.75, 3.05) is 9.03 Å². The Morgan fingerprint density at radius 1 is 0.955 bits per heavy atom. The highest BCUT2D eigenvalue weighted by Crippen LogP contribution is 2.20. The highest BCUT2D eigenvalue weighted by atomic mass is 32.2. The van der Waals surface area contributed by atoms with E-state index in [1.54, 1.807) is 36.4 Å². The molecule has 0 bridgehead atoms. The van der Waals surface area contributed by atoms with Crippen molar-refractivity contribution in [3.05, 3.63) is 59.7 Å². The zero-order chi connectivity index (χ0) is 16.3. The SMILES string of the molecule is Cc1ccc(NS(=O)(=O)N(C(N)=O)c2ccc(C)cc2)cc1. The van der Waals surface area contributed by atoms with Gasteiger partial charge in [-0.05, 0) is 38.1 Å². The summed E-state index contributed by atoms with van der Waals surface area (Å²) < 4.78 is 27.7. The number of anilines is 2. The van der Waals surface area contributed by atoms with Gasteiger partial charge in [-0.3, -0.25) is 4.72 Å². The zero-order valence-corrected chi connectivity index (χ0v) is 13.1. The van der Waals surface area contributed by atoms with Crippen LogP contribution in [0.1, 0.15) is 11.1 Å². The van der Waals surface area contributed by atoms with Gasteiger partial charge in [-0.15, -0.1) is 0 Å². The average Bonchev–Trinajstić information content (AvgIpc) is 2.43. The van der Waals surface area contributed by atoms with Crippen molar-refractivity contribution >= 4 is 27.6 Å². The molecule has 0 saturated carbocycles. The van der Waals surface area contributed by atoms with Crippen molar-refractivity contribution in [3.8, 4) is 0 Å². The Bertz CT molecular complexity index is 769. The second-order valence-electron chi connectivity index (χ2n) is 4.91. The van der Waals surface area contributed by atoms with Gasteiger partial charge in [0.05, 0.1) is 11.4 Å². The lowest BCUT2D eigenvalue weighted by Crippen LogP contribution is -2.44. The summed E-state index contributed by atoms with van der Waals surface area (Å²) in [6, 6.07) is 12.1. The summed E-state index contributed by atoms with van der Waals surface area (Å²) in [7, 11) is -4.14. The van der Waals surface area contributed by atoms with Crippen LogP contribution in [0.15, 0.2) is 48.5 Å². The van der Waals surface area contributed by atoms with E-state index in [4.69, 9.17) is 5.73 Å². The lowest BCUT2D eigenvalue weighted by Gasteiger charge is -2.21. The summed E-state index contributed by atoms with van der Waals surface area (Å²) in [5.74, 6) is 0. The van der Waals surface area contributed by atoms with Gasteiger partial charge in [0, 0.05) is 0 Å². The number of nitrogens with zero attached hydrogens (tertiary/aromatic N) is 1. The molecular weight excluding hydrogens is 302 g/mol. The molecule has 0 fully saturated rings. The van der Waals surface area contributed by atoms with Gasteiger partial charge in [0.2, 0.25) is 0 Å². The molecule has 0 aliphatic rings. The van der Waals surface area contributed by atoms with E-state index in [0.717, 1.165) is 11.1 Å². The van der Waals surface area contributed by atoms with Gasteiger partial charge in [-0.1, -0.05) is 35.4 Å². The molecule has 0 heterocycles. The second-order valence-corrected chi connectivity index (χ2v) is 6.43. The monoisotopic (exact) mass is 319 g/mol. The van der Waals surface area contributed by atoms with E-state index in [0.29, 0.717) is 9.99 Å². The predicted molar refractivity (Wildman–Crippen MR) is 87.0 cm³/mol. The first-order chi connectivity index (χ1) is 10.3. The molecule has 2 aromatic rings. The molecule has 0 aromatic heterocycles. The number of aryl methyl sites for hydroxylation is 2. The van der Waals surface area contributed by atoms with Gasteiger partial charge < -0.3 is 5.73 Å². The molecule has 0 aliphatic carbocycles. The van der Waals surface area contributed by atoms with Crippen LogP contribution >= 0.6 is 0 Å². The van der Waals surface area contributed by atoms with Crippen molar-refractivity contribution in [2.24, 2.45) is 5.73 Å². The number of primary amides is 1. The Morgan fingerprint density at radius 3 is 1.86 bits per heavy atom. The Labute approximate surface area is 129 Å². The minimum absolute atomic E-state index is 0.178. The molecule has 116 valence electrons. The summed E-state index contributed by atoms with van der Waals surface area (Å²) in [6.45, 7) is 3.75. The molecule has 6 nitrogen and oxygen atoms in total. The molecule has 0 radical (unpaired) electrons. The van der Waals surface area contributed by atoms with Crippen LogP contribution in [-0.4, -0.2) is 14.4 Å². The Balaban J connectivity index is 2.36. The molecule has 0 aliphatic heterocycles. The number of benzene rings is 2. The van der Waals surface area contributed by atoms with Crippen LogP contribution in [0.25, 0.3) is 0 Å². The number of nitrogens with two attached hydrogens (primary N) is 1. The maximum atomic E-state index is 12.4. The fourth-order valence-corrected chi connectivity index (χ4v) is 3.04. The number of nitrogens with one attached hydrogen (secondary N) is 1. The summed E-state index contributed by atoms with van der Waals surface area (Å²) in [5, 5.41) is 0. The van der Waals surface area contributed by atoms with Crippen LogP contribution in [0.3, 0.4) is 0 Å². The molecule has 0 atom stereocenters. The van der Waals surface area contributed by atoms with E-state index in [9.17, 15) is 13.2 Å². The lowest BCUT2D eigenvalue weighted by atomic mass is 10.2. The molecule has 0 saturated heterocycles. The largest absolute Gasteiger partial charge is 0.350 e. The molecule has 2 amide bonds. The van der Waals surface area contributed by atoms with Crippen LogP contribution in [0.5, 0.6) is 0 Å². The molecule has 2 rings (SSSR count). The van der Waals surface area contributed by atoms with Crippen LogP contribution in [0.2, 0.25) is 0 Å². The first kappa shape index (κ1) is 15.8. The number of carbonyl (C=O) groups excluding carboxylic acids is 1. The Kier molecular flexibility index (Phi) is 4.37. The maximum Gasteiger partial charge on any atom is 0.334 e. The van der Waals surface area contributed by atoms with Crippen LogP contribution < -0.4 is 14.8 Å². The third kappa shape index (κ3) is 3.56. The lowest BCUT2D eigenvalue weighted by molar-refractivity contribution is 0.257. The summed E-state index contributed by atoms with van der Waals surface area (Å²) in [6.07, 6.45) is 0. The van der Waals surface area contributed by atoms with Crippen LogP contribution in [0, 0.1) is 13.8 Å². The van der Waals surface area contributed by atoms with E-state index in [2.05, 4.69) is 4.72 Å². The zero-order valence-electron chi connectivity index (χ0n) is 12.3. The number of urea groups is 1. The molecule has 22 heavy (non-hydrogen) atoms. The van der Waals surface area contributed by atoms with Gasteiger partial charge >= 0.3 is 16.2 Å². The van der Waals surface area contributed by atoms with E-state index in [-0.39, 0.29) is 5.69 Å².